The van der Waals surface area contributed by atoms with Crippen LogP contribution in [0.5, 0.6) is 0 Å². The van der Waals surface area contributed by atoms with Crippen LogP contribution in [0.25, 0.3) is 22.2 Å². The van der Waals surface area contributed by atoms with Gasteiger partial charge in [-0.25, -0.2) is 9.78 Å². The van der Waals surface area contributed by atoms with E-state index >= 15 is 0 Å². The zero-order valence-electron chi connectivity index (χ0n) is 14.8. The van der Waals surface area contributed by atoms with Gasteiger partial charge in [-0.3, -0.25) is 9.78 Å². The van der Waals surface area contributed by atoms with Crippen molar-refractivity contribution in [3.05, 3.63) is 60.4 Å². The second-order valence-corrected chi connectivity index (χ2v) is 6.48. The van der Waals surface area contributed by atoms with Crippen LogP contribution >= 0.6 is 0 Å². The molecule has 27 heavy (non-hydrogen) atoms. The van der Waals surface area contributed by atoms with Gasteiger partial charge in [0.1, 0.15) is 0 Å². The van der Waals surface area contributed by atoms with Crippen molar-refractivity contribution in [3.63, 3.8) is 0 Å². The summed E-state index contributed by atoms with van der Waals surface area (Å²) in [4.78, 5) is 35.4. The molecule has 0 bridgehead atoms. The molecule has 1 aliphatic rings. The number of rotatable bonds is 4. The van der Waals surface area contributed by atoms with E-state index in [1.807, 2.05) is 36.4 Å². The number of likely N-dealkylation sites (tertiary alicyclic amines) is 1. The Balaban J connectivity index is 1.63. The van der Waals surface area contributed by atoms with Gasteiger partial charge < -0.3 is 9.64 Å². The van der Waals surface area contributed by atoms with E-state index in [0.717, 1.165) is 31.5 Å². The fourth-order valence-electron chi connectivity index (χ4n) is 3.27. The molecule has 6 nitrogen and oxygen atoms in total. The van der Waals surface area contributed by atoms with E-state index < -0.39 is 5.97 Å². The van der Waals surface area contributed by atoms with Crippen LogP contribution in [-0.4, -0.2) is 46.4 Å². The van der Waals surface area contributed by atoms with Crippen molar-refractivity contribution >= 4 is 22.8 Å². The maximum Gasteiger partial charge on any atom is 0.339 e. The first-order valence-electron chi connectivity index (χ1n) is 8.97. The van der Waals surface area contributed by atoms with Crippen LogP contribution in [0.3, 0.4) is 0 Å². The van der Waals surface area contributed by atoms with Crippen LogP contribution in [-0.2, 0) is 9.53 Å². The molecule has 0 aliphatic carbocycles. The summed E-state index contributed by atoms with van der Waals surface area (Å²) in [6.07, 6.45) is 5.39. The predicted molar refractivity (Wildman–Crippen MR) is 101 cm³/mol. The molecule has 1 aromatic carbocycles. The zero-order chi connectivity index (χ0) is 18.6. The largest absolute Gasteiger partial charge is 0.452 e. The number of para-hydroxylation sites is 1. The lowest BCUT2D eigenvalue weighted by Crippen LogP contribution is -2.32. The maximum absolute atomic E-state index is 12.7. The Kier molecular flexibility index (Phi) is 4.78. The molecular formula is C21H19N3O3. The molecular weight excluding hydrogens is 342 g/mol. The summed E-state index contributed by atoms with van der Waals surface area (Å²) < 4.78 is 5.33. The van der Waals surface area contributed by atoms with Gasteiger partial charge in [-0.2, -0.15) is 0 Å². The van der Waals surface area contributed by atoms with Crippen molar-refractivity contribution in [3.8, 4) is 11.3 Å². The minimum Gasteiger partial charge on any atom is -0.452 e. The number of carbonyl (C=O) groups is 2. The van der Waals surface area contributed by atoms with Crippen molar-refractivity contribution < 1.29 is 14.3 Å². The molecule has 1 saturated heterocycles. The van der Waals surface area contributed by atoms with Crippen LogP contribution in [0.1, 0.15) is 23.2 Å². The smallest absolute Gasteiger partial charge is 0.339 e. The fourth-order valence-corrected chi connectivity index (χ4v) is 3.27. The molecule has 6 heteroatoms. The Bertz CT molecular complexity index is 982. The number of carbonyl (C=O) groups excluding carboxylic acids is 2. The number of ether oxygens (including phenoxy) is 1. The van der Waals surface area contributed by atoms with E-state index in [9.17, 15) is 9.59 Å². The number of hydrogen-bond acceptors (Lipinski definition) is 5. The quantitative estimate of drug-likeness (QED) is 0.668. The number of nitrogens with zero attached hydrogens (tertiary/aromatic N) is 3. The van der Waals surface area contributed by atoms with Gasteiger partial charge in [0.05, 0.1) is 16.8 Å². The number of benzene rings is 1. The third kappa shape index (κ3) is 3.65. The SMILES string of the molecule is O=C(OCC(=O)N1CCCC1)c1cc(-c2cccnc2)nc2ccccc12. The Hall–Kier alpha value is -3.28. The number of fused-ring (bicyclic) bond motifs is 1. The lowest BCUT2D eigenvalue weighted by atomic mass is 10.1. The van der Waals surface area contributed by atoms with Crippen molar-refractivity contribution in [2.45, 2.75) is 12.8 Å². The van der Waals surface area contributed by atoms with Gasteiger partial charge in [0.2, 0.25) is 0 Å². The monoisotopic (exact) mass is 361 g/mol. The minimum absolute atomic E-state index is 0.147. The van der Waals surface area contributed by atoms with E-state index in [2.05, 4.69) is 9.97 Å². The van der Waals surface area contributed by atoms with E-state index in [1.165, 1.54) is 0 Å². The summed E-state index contributed by atoms with van der Waals surface area (Å²) in [5, 5.41) is 0.698. The highest BCUT2D eigenvalue weighted by Gasteiger charge is 2.21. The molecule has 0 spiro atoms. The maximum atomic E-state index is 12.7. The number of hydrogen-bond donors (Lipinski definition) is 0. The van der Waals surface area contributed by atoms with Crippen LogP contribution in [0, 0.1) is 0 Å². The molecule has 3 heterocycles. The molecule has 1 amide bonds. The first kappa shape index (κ1) is 17.1. The molecule has 136 valence electrons. The average molecular weight is 361 g/mol. The predicted octanol–water partition coefficient (Wildman–Crippen LogP) is 3.08. The van der Waals surface area contributed by atoms with E-state index in [4.69, 9.17) is 4.74 Å². The van der Waals surface area contributed by atoms with E-state index in [-0.39, 0.29) is 12.5 Å². The molecule has 0 N–H and O–H groups in total. The molecule has 0 saturated carbocycles. The van der Waals surface area contributed by atoms with Crippen LogP contribution in [0.4, 0.5) is 0 Å². The Labute approximate surface area is 156 Å². The van der Waals surface area contributed by atoms with Gasteiger partial charge >= 0.3 is 5.97 Å². The first-order valence-corrected chi connectivity index (χ1v) is 8.97. The van der Waals surface area contributed by atoms with Gasteiger partial charge in [0.25, 0.3) is 5.91 Å². The molecule has 4 rings (SSSR count). The summed E-state index contributed by atoms with van der Waals surface area (Å²) in [6.45, 7) is 1.23. The lowest BCUT2D eigenvalue weighted by molar-refractivity contribution is -0.133. The third-order valence-electron chi connectivity index (χ3n) is 4.68. The van der Waals surface area contributed by atoms with Gasteiger partial charge in [-0.1, -0.05) is 18.2 Å². The van der Waals surface area contributed by atoms with Gasteiger partial charge in [-0.15, -0.1) is 0 Å². The second kappa shape index (κ2) is 7.53. The Morgan fingerprint density at radius 1 is 1.07 bits per heavy atom. The molecule has 0 unspecified atom stereocenters. The normalized spacial score (nSPS) is 13.7. The van der Waals surface area contributed by atoms with Crippen molar-refractivity contribution in [2.75, 3.05) is 19.7 Å². The van der Waals surface area contributed by atoms with Crippen molar-refractivity contribution in [1.82, 2.24) is 14.9 Å². The van der Waals surface area contributed by atoms with Gasteiger partial charge in [-0.05, 0) is 37.1 Å². The summed E-state index contributed by atoms with van der Waals surface area (Å²) in [5.41, 5.74) is 2.54. The Morgan fingerprint density at radius 3 is 2.67 bits per heavy atom. The Morgan fingerprint density at radius 2 is 1.89 bits per heavy atom. The topological polar surface area (TPSA) is 72.4 Å². The summed E-state index contributed by atoms with van der Waals surface area (Å²) in [5.74, 6) is -0.669. The lowest BCUT2D eigenvalue weighted by Gasteiger charge is -2.15. The highest BCUT2D eigenvalue weighted by Crippen LogP contribution is 2.25. The molecule has 0 atom stereocenters. The number of aromatic nitrogens is 2. The minimum atomic E-state index is -0.522. The second-order valence-electron chi connectivity index (χ2n) is 6.48. The van der Waals surface area contributed by atoms with Gasteiger partial charge in [0, 0.05) is 36.4 Å². The van der Waals surface area contributed by atoms with Crippen molar-refractivity contribution in [2.24, 2.45) is 0 Å². The summed E-state index contributed by atoms with van der Waals surface area (Å²) in [7, 11) is 0. The van der Waals surface area contributed by atoms with Crippen LogP contribution in [0.2, 0.25) is 0 Å². The molecule has 1 aliphatic heterocycles. The standard InChI is InChI=1S/C21H19N3O3/c25-20(24-10-3-4-11-24)14-27-21(26)17-12-19(15-6-5-9-22-13-15)23-18-8-2-1-7-16(17)18/h1-2,5-9,12-13H,3-4,10-11,14H2. The molecule has 0 radical (unpaired) electrons. The summed E-state index contributed by atoms with van der Waals surface area (Å²) in [6, 6.07) is 12.8. The van der Waals surface area contributed by atoms with Crippen LogP contribution in [0.15, 0.2) is 54.9 Å². The van der Waals surface area contributed by atoms with Crippen LogP contribution < -0.4 is 0 Å². The van der Waals surface area contributed by atoms with Gasteiger partial charge in [0.15, 0.2) is 6.61 Å². The molecule has 3 aromatic rings. The first-order chi connectivity index (χ1) is 13.2. The van der Waals surface area contributed by atoms with Crippen molar-refractivity contribution in [1.29, 1.82) is 0 Å². The number of pyridine rings is 2. The fraction of sp³-hybridized carbons (Fsp3) is 0.238. The highest BCUT2D eigenvalue weighted by molar-refractivity contribution is 6.05. The average Bonchev–Trinajstić information content (AvgIpc) is 3.26. The molecule has 1 fully saturated rings. The number of amides is 1. The van der Waals surface area contributed by atoms with E-state index in [0.29, 0.717) is 22.2 Å². The third-order valence-corrected chi connectivity index (χ3v) is 4.68. The number of esters is 1. The molecule has 2 aromatic heterocycles. The summed E-state index contributed by atoms with van der Waals surface area (Å²) >= 11 is 0. The zero-order valence-corrected chi connectivity index (χ0v) is 14.8. The van der Waals surface area contributed by atoms with E-state index in [1.54, 1.807) is 23.4 Å². The highest BCUT2D eigenvalue weighted by atomic mass is 16.5.